The number of aromatic nitrogens is 2. The van der Waals surface area contributed by atoms with Gasteiger partial charge in [-0.3, -0.25) is 24.3 Å². The van der Waals surface area contributed by atoms with Crippen molar-refractivity contribution < 1.29 is 9.72 Å². The first kappa shape index (κ1) is 20.1. The minimum Gasteiger partial charge on any atom is -0.321 e. The first-order valence-electron chi connectivity index (χ1n) is 9.52. The van der Waals surface area contributed by atoms with Gasteiger partial charge in [0, 0.05) is 27.0 Å². The van der Waals surface area contributed by atoms with E-state index in [0.717, 1.165) is 3.57 Å². The first-order valence-corrected chi connectivity index (χ1v) is 10.6. The van der Waals surface area contributed by atoms with Crippen LogP contribution in [0.1, 0.15) is 11.4 Å². The van der Waals surface area contributed by atoms with Gasteiger partial charge in [-0.25, -0.2) is 4.98 Å². The van der Waals surface area contributed by atoms with E-state index in [1.165, 1.54) is 22.8 Å². The molecule has 1 aliphatic heterocycles. The van der Waals surface area contributed by atoms with Gasteiger partial charge in [-0.2, -0.15) is 0 Å². The van der Waals surface area contributed by atoms with Crippen molar-refractivity contribution in [2.75, 3.05) is 5.32 Å². The summed E-state index contributed by atoms with van der Waals surface area (Å²) in [6, 6.07) is 18.3. The molecule has 4 aromatic rings. The minimum absolute atomic E-state index is 0.153. The molecule has 0 unspecified atom stereocenters. The molecule has 0 fully saturated rings. The van der Waals surface area contributed by atoms with Gasteiger partial charge in [-0.1, -0.05) is 24.3 Å². The summed E-state index contributed by atoms with van der Waals surface area (Å²) in [6.07, 6.45) is 1.54. The van der Waals surface area contributed by atoms with E-state index in [4.69, 9.17) is 0 Å². The molecule has 2 heterocycles. The van der Waals surface area contributed by atoms with Crippen LogP contribution in [0.4, 0.5) is 11.4 Å². The zero-order valence-corrected chi connectivity index (χ0v) is 18.4. The Labute approximate surface area is 194 Å². The van der Waals surface area contributed by atoms with Crippen molar-refractivity contribution in [3.8, 4) is 5.69 Å². The summed E-state index contributed by atoms with van der Waals surface area (Å²) in [5, 5.41) is 14.5. The number of fused-ring (bicyclic) bond motifs is 2. The van der Waals surface area contributed by atoms with E-state index < -0.39 is 4.92 Å². The van der Waals surface area contributed by atoms with Gasteiger partial charge >= 0.3 is 0 Å². The van der Waals surface area contributed by atoms with Crippen LogP contribution in [0.25, 0.3) is 28.2 Å². The number of nitrogens with zero attached hydrogens (tertiary/aromatic N) is 3. The number of hydrogen-bond donors (Lipinski definition) is 1. The Morgan fingerprint density at radius 2 is 1.84 bits per heavy atom. The Bertz CT molecular complexity index is 1540. The fraction of sp³-hybridized carbons (Fsp3) is 0. The maximum atomic E-state index is 13.5. The quantitative estimate of drug-likeness (QED) is 0.181. The molecule has 3 aromatic carbocycles. The first-order chi connectivity index (χ1) is 15.4. The number of benzene rings is 3. The van der Waals surface area contributed by atoms with Gasteiger partial charge in [0.25, 0.3) is 17.2 Å². The zero-order valence-electron chi connectivity index (χ0n) is 16.3. The number of amides is 1. The number of hydrogen-bond acceptors (Lipinski definition) is 5. The second kappa shape index (κ2) is 7.68. The van der Waals surface area contributed by atoms with Gasteiger partial charge < -0.3 is 5.32 Å². The highest BCUT2D eigenvalue weighted by molar-refractivity contribution is 14.1. The smallest absolute Gasteiger partial charge is 0.271 e. The van der Waals surface area contributed by atoms with E-state index in [9.17, 15) is 19.7 Å². The lowest BCUT2D eigenvalue weighted by atomic mass is 10.1. The number of non-ortho nitro benzene ring substituents is 1. The molecule has 1 amide bonds. The number of halogens is 1. The Morgan fingerprint density at radius 3 is 2.66 bits per heavy atom. The number of anilines is 1. The zero-order chi connectivity index (χ0) is 22.4. The van der Waals surface area contributed by atoms with E-state index >= 15 is 0 Å². The fourth-order valence-corrected chi connectivity index (χ4v) is 4.17. The van der Waals surface area contributed by atoms with Gasteiger partial charge in [0.1, 0.15) is 5.82 Å². The topological polar surface area (TPSA) is 107 Å². The van der Waals surface area contributed by atoms with Gasteiger partial charge in [0.2, 0.25) is 0 Å². The molecule has 0 spiro atoms. The lowest BCUT2D eigenvalue weighted by Crippen LogP contribution is -2.23. The van der Waals surface area contributed by atoms with Crippen LogP contribution in [-0.2, 0) is 4.79 Å². The van der Waals surface area contributed by atoms with Crippen LogP contribution in [0.3, 0.4) is 0 Å². The number of nitro groups is 1. The minimum atomic E-state index is -0.523. The lowest BCUT2D eigenvalue weighted by molar-refractivity contribution is -0.384. The maximum Gasteiger partial charge on any atom is 0.271 e. The van der Waals surface area contributed by atoms with Crippen molar-refractivity contribution >= 4 is 62.4 Å². The summed E-state index contributed by atoms with van der Waals surface area (Å²) in [4.78, 5) is 41.6. The highest BCUT2D eigenvalue weighted by atomic mass is 127. The number of carbonyl (C=O) groups is 1. The van der Waals surface area contributed by atoms with Crippen molar-refractivity contribution in [3.05, 3.63) is 102 Å². The monoisotopic (exact) mass is 536 g/mol. The van der Waals surface area contributed by atoms with Gasteiger partial charge in [-0.05, 0) is 59.0 Å². The number of rotatable bonds is 3. The normalized spacial score (nSPS) is 13.9. The molecule has 156 valence electrons. The van der Waals surface area contributed by atoms with E-state index in [1.807, 2.05) is 18.2 Å². The van der Waals surface area contributed by atoms with E-state index in [0.29, 0.717) is 27.7 Å². The van der Waals surface area contributed by atoms with Crippen LogP contribution in [0.2, 0.25) is 0 Å². The van der Waals surface area contributed by atoms with Crippen LogP contribution < -0.4 is 10.9 Å². The summed E-state index contributed by atoms with van der Waals surface area (Å²) < 4.78 is 2.15. The summed E-state index contributed by atoms with van der Waals surface area (Å²) >= 11 is 2.11. The second-order valence-electron chi connectivity index (χ2n) is 7.11. The third-order valence-electron chi connectivity index (χ3n) is 5.14. The molecular formula is C23H13IN4O4. The number of nitrogens with one attached hydrogen (secondary N) is 1. The summed E-state index contributed by atoms with van der Waals surface area (Å²) in [6.45, 7) is 0. The van der Waals surface area contributed by atoms with Gasteiger partial charge in [0.15, 0.2) is 0 Å². The van der Waals surface area contributed by atoms with Gasteiger partial charge in [0.05, 0.1) is 27.1 Å². The Hall–Kier alpha value is -3.86. The highest BCUT2D eigenvalue weighted by Crippen LogP contribution is 2.33. The van der Waals surface area contributed by atoms with E-state index in [-0.39, 0.29) is 28.7 Å². The fourth-order valence-electron chi connectivity index (χ4n) is 3.68. The lowest BCUT2D eigenvalue weighted by Gasteiger charge is -2.12. The molecule has 0 aliphatic carbocycles. The van der Waals surface area contributed by atoms with Crippen LogP contribution in [0.15, 0.2) is 71.5 Å². The molecule has 0 bridgehead atoms. The van der Waals surface area contributed by atoms with Crippen LogP contribution >= 0.6 is 22.6 Å². The largest absolute Gasteiger partial charge is 0.321 e. The second-order valence-corrected chi connectivity index (χ2v) is 8.35. The summed E-state index contributed by atoms with van der Waals surface area (Å²) in [5.74, 6) is -0.111. The maximum absolute atomic E-state index is 13.5. The molecule has 0 atom stereocenters. The third-order valence-corrected chi connectivity index (χ3v) is 5.81. The van der Waals surface area contributed by atoms with Gasteiger partial charge in [-0.15, -0.1) is 0 Å². The predicted octanol–water partition coefficient (Wildman–Crippen LogP) is 4.39. The molecule has 1 aliphatic rings. The van der Waals surface area contributed by atoms with E-state index in [2.05, 4.69) is 32.9 Å². The summed E-state index contributed by atoms with van der Waals surface area (Å²) in [5.41, 5.74) is 1.94. The SMILES string of the molecule is O=C1Nc2ccccc2/C1=C/c1nc2ccc(I)cc2c(=O)n1-c1cccc([N+](=O)[O-])c1. The Kier molecular flexibility index (Phi) is 4.82. The standard InChI is InChI=1S/C23H13IN4O4/c24-13-8-9-20-18(10-13)23(30)27(14-4-3-5-15(11-14)28(31)32)21(25-20)12-17-16-6-1-2-7-19(16)26-22(17)29/h1-12H,(H,26,29)/b17-12-. The van der Waals surface area contributed by atoms with Crippen molar-refractivity contribution in [3.63, 3.8) is 0 Å². The molecule has 1 aromatic heterocycles. The Balaban J connectivity index is 1.83. The molecule has 9 heteroatoms. The highest BCUT2D eigenvalue weighted by Gasteiger charge is 2.25. The molecule has 8 nitrogen and oxygen atoms in total. The Morgan fingerprint density at radius 1 is 1.03 bits per heavy atom. The van der Waals surface area contributed by atoms with Crippen molar-refractivity contribution in [1.82, 2.24) is 9.55 Å². The predicted molar refractivity (Wildman–Crippen MR) is 130 cm³/mol. The molecule has 32 heavy (non-hydrogen) atoms. The van der Waals surface area contributed by atoms with E-state index in [1.54, 1.807) is 36.4 Å². The molecule has 0 radical (unpaired) electrons. The average Bonchev–Trinajstić information content (AvgIpc) is 3.09. The number of nitro benzene ring substituents is 1. The molecule has 5 rings (SSSR count). The third kappa shape index (κ3) is 3.36. The van der Waals surface area contributed by atoms with Crippen molar-refractivity contribution in [2.24, 2.45) is 0 Å². The van der Waals surface area contributed by atoms with Crippen molar-refractivity contribution in [2.45, 2.75) is 0 Å². The molecule has 0 saturated carbocycles. The van der Waals surface area contributed by atoms with Crippen LogP contribution in [0, 0.1) is 13.7 Å². The average molecular weight is 536 g/mol. The van der Waals surface area contributed by atoms with Crippen LogP contribution in [-0.4, -0.2) is 20.4 Å². The molecular weight excluding hydrogens is 523 g/mol. The number of carbonyl (C=O) groups excluding carboxylic acids is 1. The summed E-state index contributed by atoms with van der Waals surface area (Å²) in [7, 11) is 0. The molecule has 1 N–H and O–H groups in total. The van der Waals surface area contributed by atoms with Crippen molar-refractivity contribution in [1.29, 1.82) is 0 Å². The van der Waals surface area contributed by atoms with Crippen LogP contribution in [0.5, 0.6) is 0 Å². The molecule has 0 saturated heterocycles. The number of para-hydroxylation sites is 1.